The van der Waals surface area contributed by atoms with E-state index in [0.717, 1.165) is 21.3 Å². The first kappa shape index (κ1) is 22.8. The van der Waals surface area contributed by atoms with Crippen LogP contribution in [0.5, 0.6) is 0 Å². The van der Waals surface area contributed by atoms with Crippen LogP contribution in [0, 0.1) is 0 Å². The highest BCUT2D eigenvalue weighted by Crippen LogP contribution is 2.38. The van der Waals surface area contributed by atoms with Crippen molar-refractivity contribution < 1.29 is 22.8 Å². The molecule has 0 saturated heterocycles. The Balaban J connectivity index is 1.53. The number of nitrogens with one attached hydrogen (secondary N) is 1. The third-order valence-corrected chi connectivity index (χ3v) is 6.80. The van der Waals surface area contributed by atoms with Crippen LogP contribution < -0.4 is 15.8 Å². The van der Waals surface area contributed by atoms with Gasteiger partial charge in [0.15, 0.2) is 0 Å². The molecule has 1 aliphatic rings. The first-order valence-electron chi connectivity index (χ1n) is 10.5. The lowest BCUT2D eigenvalue weighted by atomic mass is 10.1. The van der Waals surface area contributed by atoms with Crippen molar-refractivity contribution in [2.45, 2.75) is 25.2 Å². The van der Waals surface area contributed by atoms with Gasteiger partial charge in [-0.25, -0.2) is 4.98 Å². The van der Waals surface area contributed by atoms with Gasteiger partial charge in [-0.1, -0.05) is 42.5 Å². The molecule has 2 aromatic heterocycles. The van der Waals surface area contributed by atoms with E-state index in [-0.39, 0.29) is 11.4 Å². The molecule has 11 heteroatoms. The maximum absolute atomic E-state index is 13.9. The quantitative estimate of drug-likeness (QED) is 0.453. The highest BCUT2D eigenvalue weighted by atomic mass is 32.1. The van der Waals surface area contributed by atoms with E-state index in [2.05, 4.69) is 10.3 Å². The molecule has 1 N–H and O–H groups in total. The second-order valence-electron chi connectivity index (χ2n) is 7.96. The number of alkyl halides is 3. The molecule has 0 spiro atoms. The van der Waals surface area contributed by atoms with E-state index in [4.69, 9.17) is 0 Å². The number of halogens is 3. The molecule has 0 aliphatic carbocycles. The smallest absolute Gasteiger partial charge is 0.324 e. The molecule has 0 radical (unpaired) electrons. The molecule has 1 unspecified atom stereocenters. The lowest BCUT2D eigenvalue weighted by Crippen LogP contribution is -2.51. The zero-order valence-electron chi connectivity index (χ0n) is 18.0. The number of amides is 2. The van der Waals surface area contributed by atoms with Gasteiger partial charge >= 0.3 is 6.18 Å². The molecule has 2 amide bonds. The van der Waals surface area contributed by atoms with Crippen LogP contribution in [-0.2, 0) is 16.1 Å². The molecular formula is C24H17F3N4O3S. The number of anilines is 2. The van der Waals surface area contributed by atoms with Crippen molar-refractivity contribution in [2.75, 3.05) is 10.2 Å². The number of aromatic nitrogens is 2. The van der Waals surface area contributed by atoms with Gasteiger partial charge < -0.3 is 5.32 Å². The lowest BCUT2D eigenvalue weighted by Gasteiger charge is -2.31. The second kappa shape index (κ2) is 8.66. The standard InChI is InChI=1S/C24H17F3N4O3S/c25-24(26,27)19-11-20(32)29-15-8-4-5-9-17(15)31(19)21(33)12-30-13-28-16-10-18(35-22(16)23(30)34)14-6-2-1-3-7-14/h1-10,13,19H,11-12H2,(H,29,32). The summed E-state index contributed by atoms with van der Waals surface area (Å²) in [5.74, 6) is -1.85. The SMILES string of the molecule is O=C1CC(C(F)(F)F)N(C(=O)Cn2cnc3cc(-c4ccccc4)sc3c2=O)c2ccccc2N1. The first-order chi connectivity index (χ1) is 16.7. The fraction of sp³-hybridized carbons (Fsp3) is 0.167. The van der Waals surface area contributed by atoms with Crippen LogP contribution in [0.25, 0.3) is 20.7 Å². The van der Waals surface area contributed by atoms with E-state index in [1.165, 1.54) is 29.5 Å². The van der Waals surface area contributed by atoms with Gasteiger partial charge in [-0.2, -0.15) is 13.2 Å². The number of thiophene rings is 1. The van der Waals surface area contributed by atoms with E-state index >= 15 is 0 Å². The Morgan fingerprint density at radius 2 is 1.80 bits per heavy atom. The van der Waals surface area contributed by atoms with Gasteiger partial charge in [0, 0.05) is 4.88 Å². The second-order valence-corrected chi connectivity index (χ2v) is 9.01. The van der Waals surface area contributed by atoms with Crippen LogP contribution >= 0.6 is 11.3 Å². The zero-order valence-corrected chi connectivity index (χ0v) is 18.8. The third-order valence-electron chi connectivity index (χ3n) is 5.64. The Labute approximate surface area is 200 Å². The minimum Gasteiger partial charge on any atom is -0.324 e. The van der Waals surface area contributed by atoms with Gasteiger partial charge in [-0.3, -0.25) is 23.9 Å². The Hall–Kier alpha value is -3.99. The Morgan fingerprint density at radius 3 is 2.54 bits per heavy atom. The van der Waals surface area contributed by atoms with Crippen molar-refractivity contribution in [3.05, 3.63) is 77.3 Å². The molecule has 0 bridgehead atoms. The molecule has 35 heavy (non-hydrogen) atoms. The van der Waals surface area contributed by atoms with Crippen LogP contribution in [-0.4, -0.2) is 33.6 Å². The average molecular weight is 498 g/mol. The maximum atomic E-state index is 13.9. The molecule has 4 aromatic rings. The number of hydrogen-bond donors (Lipinski definition) is 1. The van der Waals surface area contributed by atoms with Crippen molar-refractivity contribution in [3.63, 3.8) is 0 Å². The molecule has 0 saturated carbocycles. The zero-order chi connectivity index (χ0) is 24.7. The number of carbonyl (C=O) groups excluding carboxylic acids is 2. The van der Waals surface area contributed by atoms with Crippen molar-refractivity contribution in [1.29, 1.82) is 0 Å². The van der Waals surface area contributed by atoms with Crippen molar-refractivity contribution in [2.24, 2.45) is 0 Å². The summed E-state index contributed by atoms with van der Waals surface area (Å²) in [6.45, 7) is -0.671. The van der Waals surface area contributed by atoms with Crippen LogP contribution in [0.3, 0.4) is 0 Å². The van der Waals surface area contributed by atoms with Gasteiger partial charge in [-0.05, 0) is 23.8 Å². The van der Waals surface area contributed by atoms with E-state index in [0.29, 0.717) is 15.1 Å². The molecule has 1 aliphatic heterocycles. The van der Waals surface area contributed by atoms with Gasteiger partial charge in [-0.15, -0.1) is 11.3 Å². The van der Waals surface area contributed by atoms with E-state index in [9.17, 15) is 27.6 Å². The van der Waals surface area contributed by atoms with Crippen molar-refractivity contribution >= 4 is 44.7 Å². The topological polar surface area (TPSA) is 84.3 Å². The minimum absolute atomic E-state index is 0.0873. The fourth-order valence-corrected chi connectivity index (χ4v) is 5.09. The predicted molar refractivity (Wildman–Crippen MR) is 126 cm³/mol. The predicted octanol–water partition coefficient (Wildman–Crippen LogP) is 4.43. The van der Waals surface area contributed by atoms with Crippen LogP contribution in [0.4, 0.5) is 24.5 Å². The number of para-hydroxylation sites is 2. The molecule has 7 nitrogen and oxygen atoms in total. The van der Waals surface area contributed by atoms with Crippen molar-refractivity contribution in [1.82, 2.24) is 9.55 Å². The summed E-state index contributed by atoms with van der Waals surface area (Å²) in [5, 5.41) is 2.42. The summed E-state index contributed by atoms with van der Waals surface area (Å²) in [6.07, 6.45) is -4.67. The summed E-state index contributed by atoms with van der Waals surface area (Å²) < 4.78 is 43.1. The lowest BCUT2D eigenvalue weighted by molar-refractivity contribution is -0.158. The number of nitrogens with zero attached hydrogens (tertiary/aromatic N) is 3. The summed E-state index contributed by atoms with van der Waals surface area (Å²) in [6, 6.07) is 14.5. The summed E-state index contributed by atoms with van der Waals surface area (Å²) in [7, 11) is 0. The van der Waals surface area contributed by atoms with Crippen LogP contribution in [0.2, 0.25) is 0 Å². The highest BCUT2D eigenvalue weighted by Gasteiger charge is 2.49. The molecule has 2 aromatic carbocycles. The number of rotatable bonds is 3. The van der Waals surface area contributed by atoms with Gasteiger partial charge in [0.1, 0.15) is 17.3 Å². The molecule has 178 valence electrons. The Morgan fingerprint density at radius 1 is 1.09 bits per heavy atom. The Bertz CT molecular complexity index is 1500. The normalized spacial score (nSPS) is 16.0. The van der Waals surface area contributed by atoms with Gasteiger partial charge in [0.2, 0.25) is 11.8 Å². The fourth-order valence-electron chi connectivity index (χ4n) is 4.02. The third kappa shape index (κ3) is 4.30. The van der Waals surface area contributed by atoms with Crippen LogP contribution in [0.1, 0.15) is 6.42 Å². The van der Waals surface area contributed by atoms with Crippen LogP contribution in [0.15, 0.2) is 71.8 Å². The number of benzene rings is 2. The molecule has 1 atom stereocenters. The maximum Gasteiger partial charge on any atom is 0.409 e. The monoisotopic (exact) mass is 498 g/mol. The largest absolute Gasteiger partial charge is 0.409 e. The minimum atomic E-state index is -4.87. The summed E-state index contributed by atoms with van der Waals surface area (Å²) >= 11 is 1.20. The molecule has 5 rings (SSSR count). The number of fused-ring (bicyclic) bond motifs is 2. The average Bonchev–Trinajstić information content (AvgIpc) is 3.20. The number of carbonyl (C=O) groups is 2. The highest BCUT2D eigenvalue weighted by molar-refractivity contribution is 7.22. The first-order valence-corrected chi connectivity index (χ1v) is 11.4. The van der Waals surface area contributed by atoms with E-state index in [1.54, 1.807) is 12.1 Å². The molecule has 0 fully saturated rings. The van der Waals surface area contributed by atoms with E-state index < -0.39 is 42.6 Å². The van der Waals surface area contributed by atoms with E-state index in [1.807, 2.05) is 30.3 Å². The van der Waals surface area contributed by atoms with Gasteiger partial charge in [0.05, 0.1) is 29.6 Å². The molecular weight excluding hydrogens is 481 g/mol. The van der Waals surface area contributed by atoms with Gasteiger partial charge in [0.25, 0.3) is 5.56 Å². The van der Waals surface area contributed by atoms with Crippen molar-refractivity contribution in [3.8, 4) is 10.4 Å². The Kier molecular flexibility index (Phi) is 5.64. The molecule has 3 heterocycles. The number of hydrogen-bond acceptors (Lipinski definition) is 5. The summed E-state index contributed by atoms with van der Waals surface area (Å²) in [4.78, 5) is 44.1. The summed E-state index contributed by atoms with van der Waals surface area (Å²) in [5.41, 5.74) is 0.797.